The first-order chi connectivity index (χ1) is 14.0. The zero-order valence-electron chi connectivity index (χ0n) is 15.8. The Balaban J connectivity index is 1.79. The first-order valence-electron chi connectivity index (χ1n) is 8.75. The Bertz CT molecular complexity index is 981. The van der Waals surface area contributed by atoms with Crippen molar-refractivity contribution in [2.24, 2.45) is 4.99 Å². The van der Waals surface area contributed by atoms with Gasteiger partial charge in [-0.15, -0.1) is 0 Å². The molecule has 2 aromatic rings. The van der Waals surface area contributed by atoms with Crippen LogP contribution >= 0.6 is 11.6 Å². The number of esters is 2. The highest BCUT2D eigenvalue weighted by molar-refractivity contribution is 6.30. The Kier molecular flexibility index (Phi) is 6.51. The molecule has 2 aromatic carbocycles. The summed E-state index contributed by atoms with van der Waals surface area (Å²) in [4.78, 5) is 27.8. The van der Waals surface area contributed by atoms with Crippen LogP contribution in [-0.4, -0.2) is 38.2 Å². The van der Waals surface area contributed by atoms with Gasteiger partial charge in [0.1, 0.15) is 0 Å². The number of hydrogen-bond donors (Lipinski definition) is 0. The number of cyclic esters (lactones) is 1. The molecule has 0 amide bonds. The van der Waals surface area contributed by atoms with Crippen molar-refractivity contribution in [1.82, 2.24) is 0 Å². The Hall–Kier alpha value is -3.32. The zero-order chi connectivity index (χ0) is 20.8. The maximum absolute atomic E-state index is 12.2. The molecule has 0 aliphatic carbocycles. The fourth-order valence-electron chi connectivity index (χ4n) is 2.52. The molecule has 0 saturated carbocycles. The molecular weight excluding hydrogens is 398 g/mol. The number of carbonyl (C=O) groups excluding carboxylic acids is 2. The molecule has 7 nitrogen and oxygen atoms in total. The molecule has 0 spiro atoms. The van der Waals surface area contributed by atoms with Crippen molar-refractivity contribution in [3.8, 4) is 11.5 Å². The van der Waals surface area contributed by atoms with Crippen LogP contribution in [0.25, 0.3) is 6.08 Å². The number of hydrogen-bond acceptors (Lipinski definition) is 7. The summed E-state index contributed by atoms with van der Waals surface area (Å²) in [5, 5.41) is 0.576. The molecule has 0 atom stereocenters. The second-order valence-electron chi connectivity index (χ2n) is 5.85. The van der Waals surface area contributed by atoms with Crippen LogP contribution in [0.15, 0.2) is 53.2 Å². The molecule has 0 aromatic heterocycles. The van der Waals surface area contributed by atoms with Gasteiger partial charge < -0.3 is 18.9 Å². The normalized spacial score (nSPS) is 14.4. The largest absolute Gasteiger partial charge is 0.493 e. The van der Waals surface area contributed by atoms with E-state index in [-0.39, 0.29) is 24.8 Å². The predicted octanol–water partition coefficient (Wildman–Crippen LogP) is 3.64. The fourth-order valence-corrected chi connectivity index (χ4v) is 2.64. The molecule has 0 unspecified atom stereocenters. The van der Waals surface area contributed by atoms with Gasteiger partial charge in [-0.1, -0.05) is 17.7 Å². The summed E-state index contributed by atoms with van der Waals surface area (Å²) in [6, 6.07) is 11.8. The lowest BCUT2D eigenvalue weighted by Gasteiger charge is -2.10. The van der Waals surface area contributed by atoms with Gasteiger partial charge in [-0.3, -0.25) is 0 Å². The number of ether oxygens (including phenoxy) is 4. The third-order valence-corrected chi connectivity index (χ3v) is 4.11. The SMILES string of the molecule is CCOC(=O)COc1ccc(/C=C2/N=C(c3ccc(Cl)cc3)OC2=O)cc1OC. The van der Waals surface area contributed by atoms with E-state index in [4.69, 9.17) is 30.5 Å². The number of halogens is 1. The number of nitrogens with zero attached hydrogens (tertiary/aromatic N) is 1. The van der Waals surface area contributed by atoms with Crippen LogP contribution in [0, 0.1) is 0 Å². The summed E-state index contributed by atoms with van der Waals surface area (Å²) in [6.45, 7) is 1.77. The molecule has 150 valence electrons. The van der Waals surface area contributed by atoms with E-state index in [1.807, 2.05) is 0 Å². The topological polar surface area (TPSA) is 83.4 Å². The van der Waals surface area contributed by atoms with Crippen LogP contribution in [0.3, 0.4) is 0 Å². The van der Waals surface area contributed by atoms with Crippen LogP contribution < -0.4 is 9.47 Å². The van der Waals surface area contributed by atoms with Crippen LogP contribution in [0.5, 0.6) is 11.5 Å². The summed E-state index contributed by atoms with van der Waals surface area (Å²) >= 11 is 5.87. The van der Waals surface area contributed by atoms with E-state index in [2.05, 4.69) is 4.99 Å². The Morgan fingerprint density at radius 2 is 1.93 bits per heavy atom. The highest BCUT2D eigenvalue weighted by Crippen LogP contribution is 2.30. The quantitative estimate of drug-likeness (QED) is 0.507. The average Bonchev–Trinajstić information content (AvgIpc) is 3.08. The van der Waals surface area contributed by atoms with Crippen molar-refractivity contribution >= 4 is 35.5 Å². The number of methoxy groups -OCH3 is 1. The van der Waals surface area contributed by atoms with E-state index < -0.39 is 11.9 Å². The second kappa shape index (κ2) is 9.25. The van der Waals surface area contributed by atoms with Gasteiger partial charge in [-0.2, -0.15) is 0 Å². The minimum Gasteiger partial charge on any atom is -0.493 e. The van der Waals surface area contributed by atoms with Crippen LogP contribution in [0.4, 0.5) is 0 Å². The summed E-state index contributed by atoms with van der Waals surface area (Å²) in [5.41, 5.74) is 1.45. The molecule has 1 aliphatic rings. The van der Waals surface area contributed by atoms with Gasteiger partial charge in [0, 0.05) is 10.6 Å². The minimum atomic E-state index is -0.559. The van der Waals surface area contributed by atoms with Crippen molar-refractivity contribution in [2.45, 2.75) is 6.92 Å². The Labute approximate surface area is 172 Å². The van der Waals surface area contributed by atoms with Gasteiger partial charge >= 0.3 is 11.9 Å². The van der Waals surface area contributed by atoms with Gasteiger partial charge in [0.2, 0.25) is 5.90 Å². The second-order valence-corrected chi connectivity index (χ2v) is 6.28. The number of aliphatic imine (C=N–C) groups is 1. The van der Waals surface area contributed by atoms with Crippen molar-refractivity contribution in [2.75, 3.05) is 20.3 Å². The minimum absolute atomic E-state index is 0.150. The molecule has 3 rings (SSSR count). The van der Waals surface area contributed by atoms with E-state index in [0.717, 1.165) is 0 Å². The van der Waals surface area contributed by atoms with Gasteiger partial charge in [0.05, 0.1) is 13.7 Å². The number of rotatable bonds is 7. The molecule has 0 bridgehead atoms. The third kappa shape index (κ3) is 5.14. The maximum atomic E-state index is 12.2. The first-order valence-corrected chi connectivity index (χ1v) is 9.13. The van der Waals surface area contributed by atoms with Crippen molar-refractivity contribution in [1.29, 1.82) is 0 Å². The molecule has 0 radical (unpaired) electrons. The Morgan fingerprint density at radius 1 is 1.17 bits per heavy atom. The molecular formula is C21H18ClNO6. The highest BCUT2D eigenvalue weighted by atomic mass is 35.5. The van der Waals surface area contributed by atoms with E-state index in [1.165, 1.54) is 7.11 Å². The standard InChI is InChI=1S/C21H18ClNO6/c1-3-27-19(24)12-28-17-9-4-13(11-18(17)26-2)10-16-21(25)29-20(23-16)14-5-7-15(22)8-6-14/h4-11H,3,12H2,1-2H3/b16-10+. The summed E-state index contributed by atoms with van der Waals surface area (Å²) in [6.07, 6.45) is 1.57. The highest BCUT2D eigenvalue weighted by Gasteiger charge is 2.24. The summed E-state index contributed by atoms with van der Waals surface area (Å²) < 4.78 is 20.8. The van der Waals surface area contributed by atoms with Crippen LogP contribution in [-0.2, 0) is 19.1 Å². The maximum Gasteiger partial charge on any atom is 0.363 e. The van der Waals surface area contributed by atoms with E-state index in [0.29, 0.717) is 27.6 Å². The van der Waals surface area contributed by atoms with E-state index in [1.54, 1.807) is 55.5 Å². The summed E-state index contributed by atoms with van der Waals surface area (Å²) in [7, 11) is 1.48. The van der Waals surface area contributed by atoms with Crippen LogP contribution in [0.2, 0.25) is 5.02 Å². The summed E-state index contributed by atoms with van der Waals surface area (Å²) in [5.74, 6) is -0.0479. The first kappa shape index (κ1) is 20.4. The molecule has 0 saturated heterocycles. The smallest absolute Gasteiger partial charge is 0.363 e. The average molecular weight is 416 g/mol. The van der Waals surface area contributed by atoms with Gasteiger partial charge in [0.15, 0.2) is 23.8 Å². The molecule has 8 heteroatoms. The third-order valence-electron chi connectivity index (χ3n) is 3.85. The molecule has 1 aliphatic heterocycles. The molecule has 0 fully saturated rings. The van der Waals surface area contributed by atoms with E-state index in [9.17, 15) is 9.59 Å². The zero-order valence-corrected chi connectivity index (χ0v) is 16.6. The lowest BCUT2D eigenvalue weighted by molar-refractivity contribution is -0.145. The molecule has 0 N–H and O–H groups in total. The van der Waals surface area contributed by atoms with Crippen molar-refractivity contribution < 1.29 is 28.5 Å². The predicted molar refractivity (Wildman–Crippen MR) is 107 cm³/mol. The van der Waals surface area contributed by atoms with Crippen molar-refractivity contribution in [3.05, 3.63) is 64.3 Å². The lowest BCUT2D eigenvalue weighted by Crippen LogP contribution is -2.14. The fraction of sp³-hybridized carbons (Fsp3) is 0.190. The van der Waals surface area contributed by atoms with Crippen molar-refractivity contribution in [3.63, 3.8) is 0 Å². The van der Waals surface area contributed by atoms with E-state index >= 15 is 0 Å². The molecule has 29 heavy (non-hydrogen) atoms. The van der Waals surface area contributed by atoms with Gasteiger partial charge in [-0.05, 0) is 55.0 Å². The number of carbonyl (C=O) groups is 2. The number of benzene rings is 2. The Morgan fingerprint density at radius 3 is 2.62 bits per heavy atom. The van der Waals surface area contributed by atoms with Gasteiger partial charge in [-0.25, -0.2) is 14.6 Å². The lowest BCUT2D eigenvalue weighted by atomic mass is 10.1. The molecule has 1 heterocycles. The van der Waals surface area contributed by atoms with Gasteiger partial charge in [0.25, 0.3) is 0 Å². The van der Waals surface area contributed by atoms with Crippen LogP contribution in [0.1, 0.15) is 18.1 Å². The monoisotopic (exact) mass is 415 g/mol.